The second-order valence-corrected chi connectivity index (χ2v) is 9.00. The van der Waals surface area contributed by atoms with Crippen LogP contribution in [0.5, 0.6) is 11.5 Å². The number of rotatable bonds is 12. The van der Waals surface area contributed by atoms with Gasteiger partial charge >= 0.3 is 6.18 Å². The van der Waals surface area contributed by atoms with E-state index in [9.17, 15) is 13.2 Å². The highest BCUT2D eigenvalue weighted by molar-refractivity contribution is 6.17. The fraction of sp³-hybridized carbons (Fsp3) is 0.360. The minimum absolute atomic E-state index is 0.0860. The third-order valence-corrected chi connectivity index (χ3v) is 6.03. The molecule has 208 valence electrons. The van der Waals surface area contributed by atoms with E-state index < -0.39 is 18.6 Å². The number of ether oxygens (including phenoxy) is 2. The first-order chi connectivity index (χ1) is 18.7. The molecule has 0 bridgehead atoms. The average Bonchev–Trinajstić information content (AvgIpc) is 3.55. The van der Waals surface area contributed by atoms with Crippen LogP contribution in [0.25, 0.3) is 5.69 Å². The van der Waals surface area contributed by atoms with Crippen LogP contribution in [0.15, 0.2) is 42.7 Å². The zero-order chi connectivity index (χ0) is 28.0. The molecule has 0 spiro atoms. The number of alkyl halides is 4. The zero-order valence-corrected chi connectivity index (χ0v) is 21.9. The maximum absolute atomic E-state index is 15.0. The van der Waals surface area contributed by atoms with E-state index in [4.69, 9.17) is 21.1 Å². The van der Waals surface area contributed by atoms with Crippen molar-refractivity contribution >= 4 is 23.2 Å². The van der Waals surface area contributed by atoms with E-state index in [2.05, 4.69) is 30.6 Å². The minimum atomic E-state index is -4.43. The maximum Gasteiger partial charge on any atom is 0.422 e. The second-order valence-electron chi connectivity index (χ2n) is 8.62. The Morgan fingerprint density at radius 1 is 1.15 bits per heavy atom. The lowest BCUT2D eigenvalue weighted by Crippen LogP contribution is -2.19. The highest BCUT2D eigenvalue weighted by Gasteiger charge is 2.28. The van der Waals surface area contributed by atoms with Crippen LogP contribution in [0, 0.1) is 12.7 Å². The second kappa shape index (κ2) is 12.3. The van der Waals surface area contributed by atoms with E-state index in [-0.39, 0.29) is 23.3 Å². The normalized spacial score (nSPS) is 12.4. The fourth-order valence-corrected chi connectivity index (χ4v) is 4.10. The molecule has 2 heterocycles. The minimum Gasteiger partial charge on any atom is -0.494 e. The number of nitrogens with one attached hydrogen (secondary N) is 2. The quantitative estimate of drug-likeness (QED) is 0.122. The molecule has 0 saturated heterocycles. The highest BCUT2D eigenvalue weighted by Crippen LogP contribution is 2.32. The van der Waals surface area contributed by atoms with Gasteiger partial charge in [0.15, 0.2) is 6.61 Å². The van der Waals surface area contributed by atoms with E-state index in [0.717, 1.165) is 18.4 Å². The molecular weight excluding hydrogens is 542 g/mol. The van der Waals surface area contributed by atoms with Crippen LogP contribution >= 0.6 is 11.6 Å². The highest BCUT2D eigenvalue weighted by atomic mass is 35.5. The van der Waals surface area contributed by atoms with Crippen LogP contribution < -0.4 is 14.8 Å². The topological polar surface area (TPSA) is 103 Å². The van der Waals surface area contributed by atoms with Crippen molar-refractivity contribution in [2.24, 2.45) is 0 Å². The van der Waals surface area contributed by atoms with Gasteiger partial charge in [-0.3, -0.25) is 5.10 Å². The van der Waals surface area contributed by atoms with Gasteiger partial charge in [-0.15, -0.1) is 16.7 Å². The number of halogens is 5. The van der Waals surface area contributed by atoms with Gasteiger partial charge in [-0.05, 0) is 37.5 Å². The Kier molecular flexibility index (Phi) is 8.90. The summed E-state index contributed by atoms with van der Waals surface area (Å²) in [5.41, 5.74) is 1.26. The number of nitrogens with zero attached hydrogens (tertiary/aromatic N) is 5. The third kappa shape index (κ3) is 7.37. The van der Waals surface area contributed by atoms with Gasteiger partial charge in [0.25, 0.3) is 0 Å². The molecule has 0 amide bonds. The molecule has 0 radical (unpaired) electrons. The summed E-state index contributed by atoms with van der Waals surface area (Å²) in [6.45, 7) is 0.346. The predicted octanol–water partition coefficient (Wildman–Crippen LogP) is 6.07. The van der Waals surface area contributed by atoms with E-state index in [1.54, 1.807) is 19.1 Å². The lowest BCUT2D eigenvalue weighted by molar-refractivity contribution is -0.153. The van der Waals surface area contributed by atoms with Crippen molar-refractivity contribution in [3.8, 4) is 17.2 Å². The first-order valence-corrected chi connectivity index (χ1v) is 12.5. The summed E-state index contributed by atoms with van der Waals surface area (Å²) >= 11 is 5.85. The molecule has 2 aromatic heterocycles. The zero-order valence-electron chi connectivity index (χ0n) is 21.1. The maximum atomic E-state index is 15.0. The van der Waals surface area contributed by atoms with E-state index in [1.807, 2.05) is 0 Å². The molecule has 9 nitrogen and oxygen atoms in total. The van der Waals surface area contributed by atoms with Gasteiger partial charge in [0.05, 0.1) is 12.8 Å². The van der Waals surface area contributed by atoms with E-state index in [0.29, 0.717) is 35.4 Å². The smallest absolute Gasteiger partial charge is 0.422 e. The summed E-state index contributed by atoms with van der Waals surface area (Å²) in [5, 5.41) is 14.1. The molecule has 2 N–H and O–H groups in total. The van der Waals surface area contributed by atoms with Gasteiger partial charge in [0, 0.05) is 23.9 Å². The molecule has 0 fully saturated rings. The fourth-order valence-electron chi connectivity index (χ4n) is 3.92. The van der Waals surface area contributed by atoms with Crippen LogP contribution in [0.2, 0.25) is 0 Å². The molecule has 2 aromatic carbocycles. The van der Waals surface area contributed by atoms with Crippen LogP contribution in [0.3, 0.4) is 0 Å². The predicted molar refractivity (Wildman–Crippen MR) is 137 cm³/mol. The molecule has 0 aliphatic carbocycles. The van der Waals surface area contributed by atoms with Crippen molar-refractivity contribution in [3.05, 3.63) is 65.8 Å². The number of unbranched alkanes of at least 4 members (excludes halogenated alkanes) is 1. The SMILES string of the molecule is COc1cc(Nc2n[nH]c(C(CCCCCl)c3ccc(OCC(F)(F)F)cc3)n2)c(F)cc1-n1cnc(C)n1. The average molecular weight is 568 g/mol. The standard InChI is InChI=1S/C25H26ClF4N7O2/c1-15-31-14-37(36-15)21-11-19(27)20(12-22(21)38-2)32-24-33-23(34-35-24)18(5-3-4-10-26)16-6-8-17(9-7-16)39-13-25(28,29)30/h6-9,11-12,14,18H,3-5,10,13H2,1-2H3,(H2,32,33,34,35). The molecule has 0 saturated carbocycles. The summed E-state index contributed by atoms with van der Waals surface area (Å²) in [7, 11) is 1.46. The number of methoxy groups -OCH3 is 1. The number of H-pyrrole nitrogens is 1. The van der Waals surface area contributed by atoms with Crippen LogP contribution in [-0.2, 0) is 0 Å². The van der Waals surface area contributed by atoms with Crippen LogP contribution in [0.1, 0.15) is 42.4 Å². The van der Waals surface area contributed by atoms with Gasteiger partial charge in [0.2, 0.25) is 5.95 Å². The van der Waals surface area contributed by atoms with E-state index >= 15 is 4.39 Å². The number of aryl methyl sites for hydroxylation is 1. The first kappa shape index (κ1) is 28.1. The van der Waals surface area contributed by atoms with Crippen LogP contribution in [-0.4, -0.2) is 55.7 Å². The van der Waals surface area contributed by atoms with E-state index in [1.165, 1.54) is 42.4 Å². The molecule has 1 unspecified atom stereocenters. The Hall–Kier alpha value is -3.87. The number of anilines is 2. The molecule has 1 atom stereocenters. The number of aromatic nitrogens is 6. The molecule has 4 rings (SSSR count). The van der Waals surface area contributed by atoms with Gasteiger partial charge in [-0.1, -0.05) is 18.6 Å². The molecule has 39 heavy (non-hydrogen) atoms. The Labute approximate surface area is 226 Å². The van der Waals surface area contributed by atoms with Crippen molar-refractivity contribution in [3.63, 3.8) is 0 Å². The Morgan fingerprint density at radius 3 is 2.56 bits per heavy atom. The molecule has 14 heteroatoms. The number of benzene rings is 2. The molecule has 0 aliphatic rings. The number of hydrogen-bond donors (Lipinski definition) is 2. The summed E-state index contributed by atoms with van der Waals surface area (Å²) in [6, 6.07) is 9.05. The summed E-state index contributed by atoms with van der Waals surface area (Å²) < 4.78 is 64.1. The molecular formula is C25H26ClF4N7O2. The number of aromatic amines is 1. The van der Waals surface area contributed by atoms with Gasteiger partial charge in [0.1, 0.15) is 41.0 Å². The van der Waals surface area contributed by atoms with Gasteiger partial charge in [-0.25, -0.2) is 14.1 Å². The van der Waals surface area contributed by atoms with Crippen LogP contribution in [0.4, 0.5) is 29.2 Å². The lowest BCUT2D eigenvalue weighted by Gasteiger charge is -2.16. The van der Waals surface area contributed by atoms with Gasteiger partial charge in [-0.2, -0.15) is 23.3 Å². The monoisotopic (exact) mass is 567 g/mol. The third-order valence-electron chi connectivity index (χ3n) is 5.76. The largest absolute Gasteiger partial charge is 0.494 e. The summed E-state index contributed by atoms with van der Waals surface area (Å²) in [5.74, 6) is 1.25. The van der Waals surface area contributed by atoms with Crippen molar-refractivity contribution in [1.82, 2.24) is 29.9 Å². The van der Waals surface area contributed by atoms with Crippen molar-refractivity contribution in [2.45, 2.75) is 38.3 Å². The van der Waals surface area contributed by atoms with Gasteiger partial charge < -0.3 is 14.8 Å². The first-order valence-electron chi connectivity index (χ1n) is 12.0. The Balaban J connectivity index is 1.54. The van der Waals surface area contributed by atoms with Crippen molar-refractivity contribution in [1.29, 1.82) is 0 Å². The van der Waals surface area contributed by atoms with Crippen molar-refractivity contribution in [2.75, 3.05) is 24.9 Å². The summed E-state index contributed by atoms with van der Waals surface area (Å²) in [4.78, 5) is 8.56. The molecule has 0 aliphatic heterocycles. The molecule has 4 aromatic rings. The Morgan fingerprint density at radius 2 is 1.92 bits per heavy atom. The lowest BCUT2D eigenvalue weighted by atomic mass is 9.93. The Bertz CT molecular complexity index is 1380. The van der Waals surface area contributed by atoms with Crippen molar-refractivity contribution < 1.29 is 27.0 Å². The summed E-state index contributed by atoms with van der Waals surface area (Å²) in [6.07, 6.45) is -0.768. The number of hydrogen-bond acceptors (Lipinski definition) is 7.